The molecule has 1 aliphatic rings. The maximum absolute atomic E-state index is 11.3. The van der Waals surface area contributed by atoms with Crippen LogP contribution >= 0.6 is 11.8 Å². The first-order chi connectivity index (χ1) is 11.0. The number of hydrogen-bond donors (Lipinski definition) is 3. The number of hydrogen-bond acceptors (Lipinski definition) is 8. The van der Waals surface area contributed by atoms with E-state index in [4.69, 9.17) is 9.47 Å². The number of thioether (sulfide) groups is 1. The van der Waals surface area contributed by atoms with Crippen molar-refractivity contribution in [1.82, 2.24) is 0 Å². The van der Waals surface area contributed by atoms with Crippen LogP contribution in [0.1, 0.15) is 10.8 Å². The van der Waals surface area contributed by atoms with Crippen LogP contribution in [0.15, 0.2) is 30.3 Å². The van der Waals surface area contributed by atoms with Crippen LogP contribution in [0.5, 0.6) is 0 Å². The number of rotatable bonds is 6. The minimum Gasteiger partial charge on any atom is -0.549 e. The number of ether oxygens (including phenoxy) is 2. The second kappa shape index (κ2) is 10.1. The molecule has 0 saturated carbocycles. The summed E-state index contributed by atoms with van der Waals surface area (Å²) in [5.74, 6) is -1.17. The molecule has 24 heavy (non-hydrogen) atoms. The molecule has 1 aliphatic heterocycles. The van der Waals surface area contributed by atoms with Crippen molar-refractivity contribution in [2.24, 2.45) is 0 Å². The van der Waals surface area contributed by atoms with Gasteiger partial charge in [-0.2, -0.15) is 0 Å². The first-order valence-corrected chi connectivity index (χ1v) is 8.10. The molecule has 0 aliphatic carbocycles. The normalized spacial score (nSPS) is 31.1. The van der Waals surface area contributed by atoms with E-state index < -0.39 is 41.9 Å². The van der Waals surface area contributed by atoms with Gasteiger partial charge in [0.15, 0.2) is 6.29 Å². The predicted octanol–water partition coefficient (Wildman–Crippen LogP) is -4.33. The van der Waals surface area contributed by atoms with Crippen molar-refractivity contribution in [3.05, 3.63) is 35.9 Å². The Morgan fingerprint density at radius 3 is 2.42 bits per heavy atom. The van der Waals surface area contributed by atoms with Crippen molar-refractivity contribution >= 4 is 17.7 Å². The van der Waals surface area contributed by atoms with E-state index in [-0.39, 0.29) is 35.3 Å². The Kier molecular flexibility index (Phi) is 9.21. The van der Waals surface area contributed by atoms with Crippen molar-refractivity contribution in [3.8, 4) is 0 Å². The summed E-state index contributed by atoms with van der Waals surface area (Å²) in [6, 6.07) is 8.55. The van der Waals surface area contributed by atoms with Crippen molar-refractivity contribution in [2.45, 2.75) is 36.0 Å². The van der Waals surface area contributed by atoms with Crippen LogP contribution in [0.4, 0.5) is 0 Å². The van der Waals surface area contributed by atoms with Crippen LogP contribution in [-0.4, -0.2) is 64.9 Å². The summed E-state index contributed by atoms with van der Waals surface area (Å²) >= 11 is 1.01. The zero-order chi connectivity index (χ0) is 17.0. The van der Waals surface area contributed by atoms with Gasteiger partial charge in [-0.05, 0) is 5.56 Å². The van der Waals surface area contributed by atoms with Crippen LogP contribution in [0.3, 0.4) is 0 Å². The minimum absolute atomic E-state index is 0. The van der Waals surface area contributed by atoms with Gasteiger partial charge in [0.1, 0.15) is 18.3 Å². The minimum atomic E-state index is -1.43. The third-order valence-corrected chi connectivity index (χ3v) is 4.96. The molecule has 6 unspecified atom stereocenters. The monoisotopic (exact) mass is 366 g/mol. The maximum atomic E-state index is 11.3. The van der Waals surface area contributed by atoms with Crippen molar-refractivity contribution in [3.63, 3.8) is 0 Å². The summed E-state index contributed by atoms with van der Waals surface area (Å²) < 4.78 is 10.3. The number of aliphatic hydroxyl groups excluding tert-OH is 3. The number of carbonyl (C=O) groups excluding carboxylic acids is 1. The second-order valence-electron chi connectivity index (χ2n) is 5.19. The molecular weight excluding hydrogens is 347 g/mol. The molecule has 0 bridgehead atoms. The molecule has 0 amide bonds. The molecule has 1 aromatic carbocycles. The van der Waals surface area contributed by atoms with Crippen LogP contribution in [0.25, 0.3) is 0 Å². The van der Waals surface area contributed by atoms with Gasteiger partial charge in [0.2, 0.25) is 0 Å². The molecule has 0 radical (unpaired) electrons. The zero-order valence-corrected chi connectivity index (χ0v) is 16.3. The van der Waals surface area contributed by atoms with Gasteiger partial charge in [-0.3, -0.25) is 0 Å². The average molecular weight is 366 g/mol. The molecule has 1 aromatic rings. The number of methoxy groups -OCH3 is 1. The van der Waals surface area contributed by atoms with E-state index in [9.17, 15) is 25.2 Å². The number of benzene rings is 1. The average Bonchev–Trinajstić information content (AvgIpc) is 2.55. The fourth-order valence-electron chi connectivity index (χ4n) is 2.37. The largest absolute Gasteiger partial charge is 1.00 e. The quantitative estimate of drug-likeness (QED) is 0.433. The molecule has 1 fully saturated rings. The third-order valence-electron chi connectivity index (χ3n) is 3.64. The second-order valence-corrected chi connectivity index (χ2v) is 6.33. The fraction of sp³-hybridized carbons (Fsp3) is 0.533. The molecular formula is C15H19NaO7S. The Morgan fingerprint density at radius 1 is 1.25 bits per heavy atom. The van der Waals surface area contributed by atoms with E-state index in [2.05, 4.69) is 0 Å². The van der Waals surface area contributed by atoms with E-state index in [1.807, 2.05) is 0 Å². The Hall–Kier alpha value is -0.160. The van der Waals surface area contributed by atoms with E-state index in [0.29, 0.717) is 5.56 Å². The van der Waals surface area contributed by atoms with Gasteiger partial charge in [0.05, 0.1) is 17.3 Å². The van der Waals surface area contributed by atoms with Crippen LogP contribution in [-0.2, 0) is 14.3 Å². The molecule has 0 spiro atoms. The zero-order valence-electron chi connectivity index (χ0n) is 13.4. The number of carbonyl (C=O) groups is 1. The van der Waals surface area contributed by atoms with Gasteiger partial charge < -0.3 is 34.7 Å². The summed E-state index contributed by atoms with van der Waals surface area (Å²) in [6.07, 6.45) is -6.12. The standard InChI is InChI=1S/C15H20O7S.Na/c1-21-15-12(18)11(17)10(16)9(22-15)7-23-13(14(19)20)8-5-3-2-4-6-8;/h2-6,9-13,15-18H,7H2,1H3,(H,19,20);/q;+1/p-1. The molecule has 9 heteroatoms. The van der Waals surface area contributed by atoms with E-state index in [0.717, 1.165) is 11.8 Å². The van der Waals surface area contributed by atoms with Crippen LogP contribution in [0, 0.1) is 0 Å². The summed E-state index contributed by atoms with van der Waals surface area (Å²) in [6.45, 7) is 0. The van der Waals surface area contributed by atoms with Gasteiger partial charge in [-0.25, -0.2) is 0 Å². The number of carboxylic acids is 1. The molecule has 1 saturated heterocycles. The van der Waals surface area contributed by atoms with E-state index in [1.165, 1.54) is 7.11 Å². The molecule has 7 nitrogen and oxygen atoms in total. The molecule has 6 atom stereocenters. The van der Waals surface area contributed by atoms with Crippen molar-refractivity contribution in [2.75, 3.05) is 12.9 Å². The SMILES string of the molecule is COC1OC(CSC(C(=O)[O-])c2ccccc2)C(O)C(O)C1O.[Na+]. The van der Waals surface area contributed by atoms with Gasteiger partial charge >= 0.3 is 29.6 Å². The smallest absolute Gasteiger partial charge is 0.549 e. The van der Waals surface area contributed by atoms with E-state index in [1.54, 1.807) is 30.3 Å². The van der Waals surface area contributed by atoms with Gasteiger partial charge in [0, 0.05) is 12.9 Å². The number of carboxylic acid groups (broad SMARTS) is 1. The topological polar surface area (TPSA) is 119 Å². The van der Waals surface area contributed by atoms with Gasteiger partial charge in [-0.1, -0.05) is 30.3 Å². The van der Waals surface area contributed by atoms with Gasteiger partial charge in [-0.15, -0.1) is 11.8 Å². The van der Waals surface area contributed by atoms with Crippen molar-refractivity contribution < 1.29 is 64.3 Å². The Labute approximate surface area is 166 Å². The number of aliphatic carboxylic acids is 1. The first kappa shape index (κ1) is 21.9. The maximum Gasteiger partial charge on any atom is 1.00 e. The molecule has 128 valence electrons. The fourth-order valence-corrected chi connectivity index (χ4v) is 3.51. The van der Waals surface area contributed by atoms with Gasteiger partial charge in [0.25, 0.3) is 0 Å². The van der Waals surface area contributed by atoms with Crippen LogP contribution < -0.4 is 34.7 Å². The third kappa shape index (κ3) is 5.17. The number of aliphatic hydroxyl groups is 3. The summed E-state index contributed by atoms with van der Waals surface area (Å²) in [5, 5.41) is 39.9. The molecule has 0 aromatic heterocycles. The van der Waals surface area contributed by atoms with Crippen LogP contribution in [0.2, 0.25) is 0 Å². The molecule has 1 heterocycles. The Morgan fingerprint density at radius 2 is 1.88 bits per heavy atom. The molecule has 3 N–H and O–H groups in total. The summed E-state index contributed by atoms with van der Waals surface area (Å²) in [5.41, 5.74) is 0.562. The Balaban J connectivity index is 0.00000288. The summed E-state index contributed by atoms with van der Waals surface area (Å²) in [7, 11) is 1.30. The van der Waals surface area contributed by atoms with Crippen molar-refractivity contribution in [1.29, 1.82) is 0 Å². The molecule has 2 rings (SSSR count). The summed E-state index contributed by atoms with van der Waals surface area (Å²) in [4.78, 5) is 11.3. The Bertz CT molecular complexity index is 516. The predicted molar refractivity (Wildman–Crippen MR) is 80.3 cm³/mol. The van der Waals surface area contributed by atoms with E-state index >= 15 is 0 Å². The first-order valence-electron chi connectivity index (χ1n) is 7.05.